The van der Waals surface area contributed by atoms with Gasteiger partial charge in [-0.3, -0.25) is 9.67 Å². The summed E-state index contributed by atoms with van der Waals surface area (Å²) < 4.78 is 20.7. The summed E-state index contributed by atoms with van der Waals surface area (Å²) in [6.45, 7) is 7.05. The number of methoxy groups -OCH3 is 1. The molecule has 0 saturated carbocycles. The fourth-order valence-electron chi connectivity index (χ4n) is 3.09. The summed E-state index contributed by atoms with van der Waals surface area (Å²) >= 11 is 0. The molecule has 8 heteroatoms. The zero-order chi connectivity index (χ0) is 20.0. The molecule has 2 rings (SSSR count). The third-order valence-electron chi connectivity index (χ3n) is 4.65. The van der Waals surface area contributed by atoms with Gasteiger partial charge in [-0.1, -0.05) is 6.07 Å². The Hall–Kier alpha value is -1.68. The van der Waals surface area contributed by atoms with Crippen LogP contribution < -0.4 is 10.6 Å². The van der Waals surface area contributed by atoms with E-state index < -0.39 is 0 Å². The minimum Gasteiger partial charge on any atom is -0.380 e. The van der Waals surface area contributed by atoms with Gasteiger partial charge in [-0.15, -0.1) is 24.0 Å². The van der Waals surface area contributed by atoms with Crippen LogP contribution in [0.1, 0.15) is 35.0 Å². The number of aliphatic imine (C=N–C) groups is 1. The van der Waals surface area contributed by atoms with Crippen LogP contribution in [0.25, 0.3) is 0 Å². The van der Waals surface area contributed by atoms with Gasteiger partial charge in [0.05, 0.1) is 12.3 Å². The van der Waals surface area contributed by atoms with Crippen molar-refractivity contribution in [2.24, 2.45) is 12.0 Å². The molecule has 1 unspecified atom stereocenters. The second kappa shape index (κ2) is 11.4. The predicted octanol–water partition coefficient (Wildman–Crippen LogP) is 3.24. The van der Waals surface area contributed by atoms with E-state index in [1.165, 1.54) is 17.3 Å². The van der Waals surface area contributed by atoms with Crippen LogP contribution in [0.3, 0.4) is 0 Å². The van der Waals surface area contributed by atoms with Crippen molar-refractivity contribution in [2.75, 3.05) is 14.2 Å². The molecule has 0 aliphatic rings. The molecular formula is C20H31FIN5O. The highest BCUT2D eigenvalue weighted by atomic mass is 127. The summed E-state index contributed by atoms with van der Waals surface area (Å²) in [6.07, 6.45) is 0.862. The van der Waals surface area contributed by atoms with Gasteiger partial charge in [0.25, 0.3) is 0 Å². The van der Waals surface area contributed by atoms with Gasteiger partial charge in [-0.25, -0.2) is 4.39 Å². The highest BCUT2D eigenvalue weighted by molar-refractivity contribution is 14.0. The lowest BCUT2D eigenvalue weighted by Crippen LogP contribution is -2.42. The molecule has 0 spiro atoms. The Kier molecular flexibility index (Phi) is 9.88. The Morgan fingerprint density at radius 3 is 2.64 bits per heavy atom. The van der Waals surface area contributed by atoms with Gasteiger partial charge in [-0.05, 0) is 50.5 Å². The van der Waals surface area contributed by atoms with Crippen LogP contribution in [0.5, 0.6) is 0 Å². The van der Waals surface area contributed by atoms with Crippen LogP contribution in [0.2, 0.25) is 0 Å². The Bertz CT molecular complexity index is 806. The first kappa shape index (κ1) is 24.4. The number of ether oxygens (including phenoxy) is 1. The fraction of sp³-hybridized carbons (Fsp3) is 0.500. The maximum absolute atomic E-state index is 13.7. The van der Waals surface area contributed by atoms with Crippen molar-refractivity contribution in [3.63, 3.8) is 0 Å². The summed E-state index contributed by atoms with van der Waals surface area (Å²) in [7, 11) is 5.26. The van der Waals surface area contributed by atoms with Crippen LogP contribution in [0.15, 0.2) is 23.2 Å². The summed E-state index contributed by atoms with van der Waals surface area (Å²) in [5, 5.41) is 11.2. The van der Waals surface area contributed by atoms with Gasteiger partial charge in [0.2, 0.25) is 0 Å². The van der Waals surface area contributed by atoms with Crippen LogP contribution in [-0.4, -0.2) is 35.9 Å². The Morgan fingerprint density at radius 1 is 1.36 bits per heavy atom. The van der Waals surface area contributed by atoms with E-state index in [9.17, 15) is 4.39 Å². The monoisotopic (exact) mass is 503 g/mol. The number of benzene rings is 1. The standard InChI is InChI=1S/C20H30FN5O.HI/c1-13(9-18-14(2)25-26(5)15(18)3)24-20(22-4)23-11-16-7-8-19(21)17(10-16)12-27-6;/h7-8,10,13H,9,11-12H2,1-6H3,(H2,22,23,24);1H. The molecule has 1 atom stereocenters. The fourth-order valence-corrected chi connectivity index (χ4v) is 3.09. The highest BCUT2D eigenvalue weighted by Gasteiger charge is 2.14. The topological polar surface area (TPSA) is 63.5 Å². The van der Waals surface area contributed by atoms with E-state index in [2.05, 4.69) is 34.6 Å². The molecule has 0 aliphatic heterocycles. The van der Waals surface area contributed by atoms with E-state index in [1.807, 2.05) is 24.7 Å². The average Bonchev–Trinajstić information content (AvgIpc) is 2.87. The van der Waals surface area contributed by atoms with Crippen molar-refractivity contribution in [2.45, 2.75) is 46.4 Å². The lowest BCUT2D eigenvalue weighted by Gasteiger charge is -2.18. The maximum Gasteiger partial charge on any atom is 0.191 e. The molecule has 0 amide bonds. The number of aromatic nitrogens is 2. The third kappa shape index (κ3) is 6.44. The molecule has 0 bridgehead atoms. The van der Waals surface area contributed by atoms with Crippen LogP contribution >= 0.6 is 24.0 Å². The van der Waals surface area contributed by atoms with E-state index in [-0.39, 0.29) is 42.4 Å². The van der Waals surface area contributed by atoms with Gasteiger partial charge >= 0.3 is 0 Å². The van der Waals surface area contributed by atoms with Crippen molar-refractivity contribution < 1.29 is 9.13 Å². The lowest BCUT2D eigenvalue weighted by molar-refractivity contribution is 0.181. The normalized spacial score (nSPS) is 12.5. The van der Waals surface area contributed by atoms with Gasteiger partial charge in [0, 0.05) is 45.0 Å². The number of aryl methyl sites for hydroxylation is 2. The number of nitrogens with one attached hydrogen (secondary N) is 2. The smallest absolute Gasteiger partial charge is 0.191 e. The summed E-state index contributed by atoms with van der Waals surface area (Å²) in [6, 6.07) is 5.24. The van der Waals surface area contributed by atoms with Crippen molar-refractivity contribution in [3.05, 3.63) is 52.1 Å². The van der Waals surface area contributed by atoms with Gasteiger partial charge in [0.1, 0.15) is 5.82 Å². The molecular weight excluding hydrogens is 472 g/mol. The average molecular weight is 503 g/mol. The molecule has 28 heavy (non-hydrogen) atoms. The Balaban J connectivity index is 0.00000392. The molecule has 0 radical (unpaired) electrons. The van der Waals surface area contributed by atoms with E-state index in [0.29, 0.717) is 18.1 Å². The summed E-state index contributed by atoms with van der Waals surface area (Å²) in [5.74, 6) is 0.457. The van der Waals surface area contributed by atoms with Gasteiger partial charge in [0.15, 0.2) is 5.96 Å². The highest BCUT2D eigenvalue weighted by Crippen LogP contribution is 2.14. The lowest BCUT2D eigenvalue weighted by atomic mass is 10.1. The van der Waals surface area contributed by atoms with E-state index >= 15 is 0 Å². The van der Waals surface area contributed by atoms with E-state index in [4.69, 9.17) is 4.74 Å². The van der Waals surface area contributed by atoms with Crippen molar-refractivity contribution in [3.8, 4) is 0 Å². The van der Waals surface area contributed by atoms with E-state index in [1.54, 1.807) is 20.2 Å². The first-order valence-electron chi connectivity index (χ1n) is 9.08. The maximum atomic E-state index is 13.7. The molecule has 2 aromatic rings. The molecule has 1 aromatic heterocycles. The molecule has 156 valence electrons. The number of hydrogen-bond donors (Lipinski definition) is 2. The van der Waals surface area contributed by atoms with Crippen molar-refractivity contribution in [1.82, 2.24) is 20.4 Å². The molecule has 0 saturated heterocycles. The Labute approximate surface area is 184 Å². The second-order valence-electron chi connectivity index (χ2n) is 6.81. The number of rotatable bonds is 7. The zero-order valence-corrected chi connectivity index (χ0v) is 19.8. The molecule has 1 heterocycles. The molecule has 6 nitrogen and oxygen atoms in total. The van der Waals surface area contributed by atoms with Crippen LogP contribution in [0, 0.1) is 19.7 Å². The minimum absolute atomic E-state index is 0. The first-order valence-corrected chi connectivity index (χ1v) is 9.08. The molecule has 2 N–H and O–H groups in total. The van der Waals surface area contributed by atoms with Crippen LogP contribution in [-0.2, 0) is 31.4 Å². The summed E-state index contributed by atoms with van der Waals surface area (Å²) in [5.41, 5.74) is 5.02. The summed E-state index contributed by atoms with van der Waals surface area (Å²) in [4.78, 5) is 4.29. The number of nitrogens with zero attached hydrogens (tertiary/aromatic N) is 3. The predicted molar refractivity (Wildman–Crippen MR) is 122 cm³/mol. The number of halogens is 2. The van der Waals surface area contributed by atoms with Crippen molar-refractivity contribution >= 4 is 29.9 Å². The molecule has 1 aromatic carbocycles. The minimum atomic E-state index is -0.251. The van der Waals surface area contributed by atoms with E-state index in [0.717, 1.165) is 17.7 Å². The first-order chi connectivity index (χ1) is 12.8. The number of guanidine groups is 1. The molecule has 0 fully saturated rings. The second-order valence-corrected chi connectivity index (χ2v) is 6.81. The van der Waals surface area contributed by atoms with Crippen molar-refractivity contribution in [1.29, 1.82) is 0 Å². The SMILES string of the molecule is CN=C(NCc1ccc(F)c(COC)c1)NC(C)Cc1c(C)nn(C)c1C.I. The molecule has 0 aliphatic carbocycles. The largest absolute Gasteiger partial charge is 0.380 e. The quantitative estimate of drug-likeness (QED) is 0.346. The zero-order valence-electron chi connectivity index (χ0n) is 17.5. The van der Waals surface area contributed by atoms with Crippen LogP contribution in [0.4, 0.5) is 4.39 Å². The van der Waals surface area contributed by atoms with Gasteiger partial charge < -0.3 is 15.4 Å². The third-order valence-corrected chi connectivity index (χ3v) is 4.65. The Morgan fingerprint density at radius 2 is 2.07 bits per heavy atom. The van der Waals surface area contributed by atoms with Gasteiger partial charge in [-0.2, -0.15) is 5.10 Å². The number of hydrogen-bond acceptors (Lipinski definition) is 3.